The maximum absolute atomic E-state index is 4.50. The molecule has 2 heteroatoms. The fourth-order valence-corrected chi connectivity index (χ4v) is 3.15. The zero-order valence-corrected chi connectivity index (χ0v) is 17.5. The van der Waals surface area contributed by atoms with Crippen molar-refractivity contribution < 1.29 is 0 Å². The Kier molecular flexibility index (Phi) is 12.8. The first-order valence-corrected chi connectivity index (χ1v) is 10.9. The van der Waals surface area contributed by atoms with Crippen LogP contribution in [0, 0.1) is 0 Å². The van der Waals surface area contributed by atoms with Crippen molar-refractivity contribution in [2.45, 2.75) is 103 Å². The molecule has 0 fully saturated rings. The third-order valence-corrected chi connectivity index (χ3v) is 5.00. The summed E-state index contributed by atoms with van der Waals surface area (Å²) in [6, 6.07) is 13.3. The van der Waals surface area contributed by atoms with Gasteiger partial charge in [-0.2, -0.15) is 0 Å². The summed E-state index contributed by atoms with van der Waals surface area (Å²) >= 11 is 0. The van der Waals surface area contributed by atoms with E-state index >= 15 is 0 Å². The average Bonchev–Trinajstić information content (AvgIpc) is 2.65. The maximum atomic E-state index is 4.50. The summed E-state index contributed by atoms with van der Waals surface area (Å²) in [6.07, 6.45) is 16.5. The Hall–Kier alpha value is -1.40. The van der Waals surface area contributed by atoms with E-state index in [1.165, 1.54) is 76.2 Å². The molecule has 0 aliphatic carbocycles. The van der Waals surface area contributed by atoms with Gasteiger partial charge in [0.05, 0.1) is 11.5 Å². The van der Waals surface area contributed by atoms with Crippen LogP contribution in [0.2, 0.25) is 0 Å². The molecule has 0 heterocycles. The third kappa shape index (κ3) is 11.3. The molecule has 0 unspecified atom stereocenters. The molecule has 0 aliphatic heterocycles. The lowest BCUT2D eigenvalue weighted by molar-refractivity contribution is 0.545. The molecule has 1 rings (SSSR count). The van der Waals surface area contributed by atoms with Gasteiger partial charge in [0.25, 0.3) is 0 Å². The van der Waals surface area contributed by atoms with E-state index in [0.29, 0.717) is 0 Å². The molecule has 0 saturated carbocycles. The van der Waals surface area contributed by atoms with E-state index in [0.717, 1.165) is 13.0 Å². The smallest absolute Gasteiger partial charge is 0.0910 e. The molecule has 26 heavy (non-hydrogen) atoms. The Morgan fingerprint density at radius 1 is 0.731 bits per heavy atom. The summed E-state index contributed by atoms with van der Waals surface area (Å²) in [6.45, 7) is 7.35. The highest BCUT2D eigenvalue weighted by Gasteiger charge is 2.17. The fourth-order valence-electron chi connectivity index (χ4n) is 3.15. The molecule has 0 atom stereocenters. The Morgan fingerprint density at radius 3 is 1.77 bits per heavy atom. The van der Waals surface area contributed by atoms with Crippen LogP contribution in [0.5, 0.6) is 0 Å². The third-order valence-electron chi connectivity index (χ3n) is 5.00. The minimum Gasteiger partial charge on any atom is -0.226 e. The summed E-state index contributed by atoms with van der Waals surface area (Å²) in [5.41, 5.74) is 0.953. The normalized spacial score (nSPS) is 11.2. The van der Waals surface area contributed by atoms with Gasteiger partial charge < -0.3 is 0 Å². The van der Waals surface area contributed by atoms with Gasteiger partial charge in [0.2, 0.25) is 0 Å². The Balaban J connectivity index is 1.99. The number of benzene rings is 1. The second-order valence-electron chi connectivity index (χ2n) is 7.91. The summed E-state index contributed by atoms with van der Waals surface area (Å²) in [5, 5.41) is 0. The van der Waals surface area contributed by atoms with Crippen LogP contribution in [0.1, 0.15) is 103 Å². The number of nitrogens with zero attached hydrogens (tertiary/aromatic N) is 2. The highest BCUT2D eigenvalue weighted by Crippen LogP contribution is 2.23. The van der Waals surface area contributed by atoms with Crippen molar-refractivity contribution in [1.29, 1.82) is 0 Å². The second-order valence-corrected chi connectivity index (χ2v) is 7.91. The molecule has 0 bridgehead atoms. The summed E-state index contributed by atoms with van der Waals surface area (Å²) in [4.78, 5) is 8.85. The molecule has 0 saturated heterocycles. The van der Waals surface area contributed by atoms with E-state index < -0.39 is 0 Å². The van der Waals surface area contributed by atoms with Gasteiger partial charge in [0, 0.05) is 6.54 Å². The van der Waals surface area contributed by atoms with Crippen LogP contribution in [0.3, 0.4) is 0 Å². The topological polar surface area (TPSA) is 24.7 Å². The lowest BCUT2D eigenvalue weighted by atomic mass is 9.95. The fraction of sp³-hybridized carbons (Fsp3) is 0.708. The minimum absolute atomic E-state index is 0.249. The van der Waals surface area contributed by atoms with Crippen molar-refractivity contribution in [2.24, 2.45) is 9.98 Å². The maximum Gasteiger partial charge on any atom is 0.0910 e. The molecule has 0 aromatic heterocycles. The van der Waals surface area contributed by atoms with Crippen LogP contribution < -0.4 is 0 Å². The van der Waals surface area contributed by atoms with Gasteiger partial charge >= 0.3 is 0 Å². The predicted molar refractivity (Wildman–Crippen MR) is 115 cm³/mol. The van der Waals surface area contributed by atoms with Crippen LogP contribution >= 0.6 is 0 Å². The van der Waals surface area contributed by atoms with Crippen LogP contribution in [0.25, 0.3) is 0 Å². The zero-order chi connectivity index (χ0) is 18.9. The average molecular weight is 357 g/mol. The highest BCUT2D eigenvalue weighted by molar-refractivity contribution is 5.43. The van der Waals surface area contributed by atoms with Crippen molar-refractivity contribution in [3.05, 3.63) is 35.9 Å². The van der Waals surface area contributed by atoms with E-state index in [9.17, 15) is 0 Å². The SMILES string of the molecule is CCCCCCCCCCCCCCN=C=NC(C)(C)c1ccccc1. The monoisotopic (exact) mass is 356 g/mol. The molecule has 1 aromatic rings. The number of hydrogen-bond acceptors (Lipinski definition) is 2. The van der Waals surface area contributed by atoms with Crippen LogP contribution in [-0.4, -0.2) is 12.6 Å². The van der Waals surface area contributed by atoms with Crippen LogP contribution in [0.15, 0.2) is 40.3 Å². The van der Waals surface area contributed by atoms with E-state index in [-0.39, 0.29) is 5.54 Å². The first kappa shape index (κ1) is 22.6. The van der Waals surface area contributed by atoms with E-state index in [1.54, 1.807) is 0 Å². The van der Waals surface area contributed by atoms with Gasteiger partial charge in [-0.05, 0) is 25.8 Å². The Labute approximate surface area is 162 Å². The molecule has 2 nitrogen and oxygen atoms in total. The lowest BCUT2D eigenvalue weighted by Crippen LogP contribution is -2.12. The predicted octanol–water partition coefficient (Wildman–Crippen LogP) is 7.80. The first-order chi connectivity index (χ1) is 12.7. The van der Waals surface area contributed by atoms with Gasteiger partial charge in [-0.1, -0.05) is 108 Å². The largest absolute Gasteiger partial charge is 0.226 e. The number of hydrogen-bond donors (Lipinski definition) is 0. The molecular weight excluding hydrogens is 316 g/mol. The molecule has 0 spiro atoms. The van der Waals surface area contributed by atoms with Crippen molar-refractivity contribution >= 4 is 6.01 Å². The van der Waals surface area contributed by atoms with E-state index in [1.807, 2.05) is 6.07 Å². The van der Waals surface area contributed by atoms with Crippen molar-refractivity contribution in [1.82, 2.24) is 0 Å². The first-order valence-electron chi connectivity index (χ1n) is 10.9. The molecular formula is C24H40N2. The number of unbranched alkanes of at least 4 members (excludes halogenated alkanes) is 11. The van der Waals surface area contributed by atoms with Crippen molar-refractivity contribution in [3.63, 3.8) is 0 Å². The quantitative estimate of drug-likeness (QED) is 0.226. The van der Waals surface area contributed by atoms with Crippen LogP contribution in [-0.2, 0) is 5.54 Å². The molecule has 0 N–H and O–H groups in total. The summed E-state index contributed by atoms with van der Waals surface area (Å²) in [7, 11) is 0. The standard InChI is InChI=1S/C24H40N2/c1-4-5-6-7-8-9-10-11-12-13-14-18-21-25-22-26-24(2,3)23-19-16-15-17-20-23/h15-17,19-20H,4-14,18,21H2,1-3H3. The highest BCUT2D eigenvalue weighted by atomic mass is 14.9. The molecule has 1 aromatic carbocycles. The van der Waals surface area contributed by atoms with Gasteiger partial charge in [-0.3, -0.25) is 0 Å². The molecule has 0 amide bonds. The Morgan fingerprint density at radius 2 is 1.23 bits per heavy atom. The molecule has 0 aliphatic rings. The van der Waals surface area contributed by atoms with Gasteiger partial charge in [-0.25, -0.2) is 9.98 Å². The van der Waals surface area contributed by atoms with Gasteiger partial charge in [0.15, 0.2) is 0 Å². The number of aliphatic imine (C=N–C) groups is 2. The second kappa shape index (κ2) is 14.7. The zero-order valence-electron chi connectivity index (χ0n) is 17.5. The van der Waals surface area contributed by atoms with Crippen LogP contribution in [0.4, 0.5) is 0 Å². The number of rotatable bonds is 15. The van der Waals surface area contributed by atoms with E-state index in [4.69, 9.17) is 0 Å². The van der Waals surface area contributed by atoms with Gasteiger partial charge in [-0.15, -0.1) is 0 Å². The minimum atomic E-state index is -0.249. The molecule has 146 valence electrons. The van der Waals surface area contributed by atoms with Gasteiger partial charge in [0.1, 0.15) is 0 Å². The summed E-state index contributed by atoms with van der Waals surface area (Å²) < 4.78 is 0. The van der Waals surface area contributed by atoms with Crippen molar-refractivity contribution in [3.8, 4) is 0 Å². The van der Waals surface area contributed by atoms with E-state index in [2.05, 4.69) is 61.0 Å². The summed E-state index contributed by atoms with van der Waals surface area (Å²) in [5.74, 6) is 0. The Bertz CT molecular complexity index is 498. The lowest BCUT2D eigenvalue weighted by Gasteiger charge is -2.17. The van der Waals surface area contributed by atoms with Crippen molar-refractivity contribution in [2.75, 3.05) is 6.54 Å². The molecule has 0 radical (unpaired) electrons.